The van der Waals surface area contributed by atoms with E-state index < -0.39 is 0 Å². The molecule has 4 heterocycles. The van der Waals surface area contributed by atoms with Crippen LogP contribution in [0, 0.1) is 4.77 Å². The Bertz CT molecular complexity index is 810. The molecule has 24 heavy (non-hydrogen) atoms. The summed E-state index contributed by atoms with van der Waals surface area (Å²) in [7, 11) is 0. The summed E-state index contributed by atoms with van der Waals surface area (Å²) in [6.07, 6.45) is 0. The Kier molecular flexibility index (Phi) is 4.91. The molecule has 1 aliphatic rings. The summed E-state index contributed by atoms with van der Waals surface area (Å²) in [6.45, 7) is 6.81. The number of aromatic nitrogens is 3. The van der Waals surface area contributed by atoms with Gasteiger partial charge in [0.15, 0.2) is 12.5 Å². The fourth-order valence-corrected chi connectivity index (χ4v) is 4.72. The van der Waals surface area contributed by atoms with Crippen molar-refractivity contribution >= 4 is 34.9 Å². The molecule has 0 spiro atoms. The highest BCUT2D eigenvalue weighted by Gasteiger charge is 2.23. The van der Waals surface area contributed by atoms with Crippen molar-refractivity contribution in [3.8, 4) is 10.7 Å². The molecule has 3 aromatic heterocycles. The number of quaternary nitrogens is 2. The first-order valence-electron chi connectivity index (χ1n) is 8.17. The van der Waals surface area contributed by atoms with Crippen LogP contribution in [0.25, 0.3) is 10.7 Å². The van der Waals surface area contributed by atoms with E-state index in [4.69, 9.17) is 12.2 Å². The average Bonchev–Trinajstić information content (AvgIpc) is 3.32. The molecular weight excluding hydrogens is 358 g/mol. The van der Waals surface area contributed by atoms with Crippen LogP contribution < -0.4 is 9.80 Å². The molecule has 1 aliphatic heterocycles. The maximum atomic E-state index is 5.42. The Morgan fingerprint density at radius 3 is 2.71 bits per heavy atom. The fourth-order valence-electron chi connectivity index (χ4n) is 3.18. The Hall–Kier alpha value is -1.32. The van der Waals surface area contributed by atoms with Gasteiger partial charge in [-0.1, -0.05) is 6.07 Å². The smallest absolute Gasteiger partial charge is 0.221 e. The van der Waals surface area contributed by atoms with Crippen LogP contribution in [-0.4, -0.2) is 40.9 Å². The quantitative estimate of drug-likeness (QED) is 0.571. The number of nitrogens with one attached hydrogen (secondary N) is 3. The van der Waals surface area contributed by atoms with Gasteiger partial charge in [0.25, 0.3) is 0 Å². The monoisotopic (exact) mass is 379 g/mol. The number of hydrogen-bond donors (Lipinski definition) is 3. The molecule has 0 radical (unpaired) electrons. The Morgan fingerprint density at radius 2 is 2.00 bits per heavy atom. The summed E-state index contributed by atoms with van der Waals surface area (Å²) < 4.78 is 2.67. The highest BCUT2D eigenvalue weighted by Crippen LogP contribution is 2.20. The third-order valence-corrected chi connectivity index (χ3v) is 6.43. The minimum atomic E-state index is 0.652. The first-order valence-corrected chi connectivity index (χ1v) is 10.4. The van der Waals surface area contributed by atoms with Crippen molar-refractivity contribution in [1.29, 1.82) is 0 Å². The van der Waals surface area contributed by atoms with Crippen molar-refractivity contribution in [3.63, 3.8) is 0 Å². The number of thiophene rings is 2. The number of hydrogen-bond acceptors (Lipinski definition) is 4. The number of nitrogens with zero attached hydrogens (tertiary/aromatic N) is 2. The molecule has 0 atom stereocenters. The summed E-state index contributed by atoms with van der Waals surface area (Å²) in [5.74, 6) is 0.885. The lowest BCUT2D eigenvalue weighted by atomic mass is 10.2. The van der Waals surface area contributed by atoms with E-state index in [1.807, 2.05) is 10.7 Å². The van der Waals surface area contributed by atoms with Gasteiger partial charge in [-0.25, -0.2) is 4.68 Å². The van der Waals surface area contributed by atoms with Crippen molar-refractivity contribution in [3.05, 3.63) is 44.7 Å². The Morgan fingerprint density at radius 1 is 1.17 bits per heavy atom. The zero-order chi connectivity index (χ0) is 16.4. The summed E-state index contributed by atoms with van der Waals surface area (Å²) in [5, 5.41) is 9.86. The van der Waals surface area contributed by atoms with Crippen molar-refractivity contribution in [2.45, 2.75) is 13.2 Å². The molecule has 3 aromatic rings. The van der Waals surface area contributed by atoms with E-state index in [9.17, 15) is 0 Å². The van der Waals surface area contributed by atoms with Crippen molar-refractivity contribution in [1.82, 2.24) is 14.8 Å². The van der Waals surface area contributed by atoms with E-state index in [1.54, 1.807) is 32.5 Å². The fraction of sp³-hybridized carbons (Fsp3) is 0.375. The first-order chi connectivity index (χ1) is 11.8. The van der Waals surface area contributed by atoms with Crippen LogP contribution in [-0.2, 0) is 13.2 Å². The van der Waals surface area contributed by atoms with Gasteiger partial charge < -0.3 is 9.80 Å². The van der Waals surface area contributed by atoms with E-state index >= 15 is 0 Å². The maximum absolute atomic E-state index is 5.42. The molecule has 0 amide bonds. The van der Waals surface area contributed by atoms with E-state index in [1.165, 1.54) is 31.7 Å². The molecular formula is C16H21N5S3+2. The van der Waals surface area contributed by atoms with E-state index in [0.717, 1.165) is 23.9 Å². The van der Waals surface area contributed by atoms with Gasteiger partial charge in [-0.2, -0.15) is 16.3 Å². The van der Waals surface area contributed by atoms with E-state index in [-0.39, 0.29) is 0 Å². The van der Waals surface area contributed by atoms with Crippen LogP contribution in [0.15, 0.2) is 34.3 Å². The summed E-state index contributed by atoms with van der Waals surface area (Å²) in [6, 6.07) is 6.35. The third kappa shape index (κ3) is 3.68. The Balaban J connectivity index is 1.35. The molecule has 0 aromatic carbocycles. The molecule has 0 unspecified atom stereocenters. The lowest BCUT2D eigenvalue weighted by molar-refractivity contribution is -1.03. The van der Waals surface area contributed by atoms with Gasteiger partial charge in [-0.3, -0.25) is 5.10 Å². The van der Waals surface area contributed by atoms with Gasteiger partial charge in [0.1, 0.15) is 32.7 Å². The standard InChI is InChI=1S/C16H19N5S3/c22-16-17-15(14-2-1-8-24-14)18-21(16)12-20-6-4-19(5-7-20)10-13-3-9-23-11-13/h1-3,8-9,11H,4-7,10,12H2,(H,17,18,22)/p+2. The topological polar surface area (TPSA) is 42.5 Å². The van der Waals surface area contributed by atoms with E-state index in [2.05, 4.69) is 38.4 Å². The highest BCUT2D eigenvalue weighted by molar-refractivity contribution is 7.71. The second-order valence-corrected chi connectivity index (χ2v) is 8.32. The second-order valence-electron chi connectivity index (χ2n) is 6.23. The molecule has 126 valence electrons. The van der Waals surface area contributed by atoms with Gasteiger partial charge in [0.05, 0.1) is 4.88 Å². The minimum Gasteiger partial charge on any atom is -0.322 e. The molecule has 0 saturated carbocycles. The maximum Gasteiger partial charge on any atom is 0.221 e. The zero-order valence-corrected chi connectivity index (χ0v) is 15.8. The van der Waals surface area contributed by atoms with Gasteiger partial charge >= 0.3 is 0 Å². The van der Waals surface area contributed by atoms with Gasteiger partial charge in [0.2, 0.25) is 4.77 Å². The van der Waals surface area contributed by atoms with Crippen LogP contribution >= 0.6 is 34.9 Å². The zero-order valence-electron chi connectivity index (χ0n) is 13.3. The van der Waals surface area contributed by atoms with Gasteiger partial charge in [-0.15, -0.1) is 11.3 Å². The lowest BCUT2D eigenvalue weighted by Gasteiger charge is -2.29. The SMILES string of the molecule is S=c1nc(-c2cccs2)[nH]n1C[NH+]1CC[NH+](Cc2ccsc2)CC1. The molecule has 3 N–H and O–H groups in total. The predicted octanol–water partition coefficient (Wildman–Crippen LogP) is 0.672. The first kappa shape index (κ1) is 16.2. The van der Waals surface area contributed by atoms with Crippen LogP contribution in [0.5, 0.6) is 0 Å². The molecule has 4 rings (SSSR count). The summed E-state index contributed by atoms with van der Waals surface area (Å²) >= 11 is 8.90. The second kappa shape index (κ2) is 7.28. The van der Waals surface area contributed by atoms with Gasteiger partial charge in [0, 0.05) is 5.56 Å². The number of rotatable bonds is 5. The van der Waals surface area contributed by atoms with Crippen molar-refractivity contribution in [2.24, 2.45) is 0 Å². The molecule has 1 saturated heterocycles. The summed E-state index contributed by atoms with van der Waals surface area (Å²) in [5.41, 5.74) is 1.47. The van der Waals surface area contributed by atoms with Crippen LogP contribution in [0.2, 0.25) is 0 Å². The molecule has 0 bridgehead atoms. The minimum absolute atomic E-state index is 0.652. The van der Waals surface area contributed by atoms with Crippen molar-refractivity contribution < 1.29 is 9.80 Å². The lowest BCUT2D eigenvalue weighted by Crippen LogP contribution is -3.27. The van der Waals surface area contributed by atoms with Crippen molar-refractivity contribution in [2.75, 3.05) is 26.2 Å². The highest BCUT2D eigenvalue weighted by atomic mass is 32.1. The van der Waals surface area contributed by atoms with E-state index in [0.29, 0.717) is 4.77 Å². The molecule has 0 aliphatic carbocycles. The number of aromatic amines is 1. The van der Waals surface area contributed by atoms with Gasteiger partial charge in [-0.05, 0) is 40.5 Å². The molecule has 5 nitrogen and oxygen atoms in total. The largest absolute Gasteiger partial charge is 0.322 e. The predicted molar refractivity (Wildman–Crippen MR) is 100 cm³/mol. The molecule has 1 fully saturated rings. The molecule has 8 heteroatoms. The number of H-pyrrole nitrogens is 1. The third-order valence-electron chi connectivity index (χ3n) is 4.51. The van der Waals surface area contributed by atoms with Crippen LogP contribution in [0.1, 0.15) is 5.56 Å². The number of piperazine rings is 1. The van der Waals surface area contributed by atoms with Crippen LogP contribution in [0.4, 0.5) is 0 Å². The Labute approximate surface area is 154 Å². The normalized spacial score (nSPS) is 21.2. The van der Waals surface area contributed by atoms with Crippen LogP contribution in [0.3, 0.4) is 0 Å². The average molecular weight is 380 g/mol. The summed E-state index contributed by atoms with van der Waals surface area (Å²) in [4.78, 5) is 8.89.